The highest BCUT2D eigenvalue weighted by Gasteiger charge is 2.67. The van der Waals surface area contributed by atoms with Crippen LogP contribution in [0.4, 0.5) is 11.4 Å². The summed E-state index contributed by atoms with van der Waals surface area (Å²) in [6.45, 7) is 2.28. The van der Waals surface area contributed by atoms with Crippen LogP contribution in [0.5, 0.6) is 0 Å². The van der Waals surface area contributed by atoms with Gasteiger partial charge >= 0.3 is 5.97 Å². The maximum Gasteiger partial charge on any atom is 0.338 e. The third-order valence-electron chi connectivity index (χ3n) is 7.85. The van der Waals surface area contributed by atoms with Gasteiger partial charge in [-0.2, -0.15) is 0 Å². The molecule has 3 amide bonds. The molecule has 1 saturated heterocycles. The molecule has 0 unspecified atom stereocenters. The molecule has 2 saturated carbocycles. The summed E-state index contributed by atoms with van der Waals surface area (Å²) in [7, 11) is 0. The van der Waals surface area contributed by atoms with E-state index in [0.29, 0.717) is 40.9 Å². The average Bonchev–Trinajstić information content (AvgIpc) is 3.66. The lowest BCUT2D eigenvalue weighted by molar-refractivity contribution is -0.124. The van der Waals surface area contributed by atoms with Crippen LogP contribution >= 0.6 is 0 Å². The molecule has 1 N–H and O–H groups in total. The summed E-state index contributed by atoms with van der Waals surface area (Å²) in [6.07, 6.45) is 6.15. The van der Waals surface area contributed by atoms with E-state index in [4.69, 9.17) is 4.74 Å². The Morgan fingerprint density at radius 1 is 0.943 bits per heavy atom. The Bertz CT molecular complexity index is 1230. The minimum absolute atomic E-state index is 0.146. The zero-order valence-electron chi connectivity index (χ0n) is 19.3. The van der Waals surface area contributed by atoms with E-state index in [1.165, 1.54) is 4.90 Å². The molecule has 3 fully saturated rings. The molecule has 7 rings (SSSR count). The molecule has 7 nitrogen and oxygen atoms in total. The monoisotopic (exact) mass is 470 g/mol. The fourth-order valence-electron chi connectivity index (χ4n) is 6.17. The maximum absolute atomic E-state index is 13.4. The predicted octanol–water partition coefficient (Wildman–Crippen LogP) is 4.06. The average molecular weight is 471 g/mol. The van der Waals surface area contributed by atoms with Crippen molar-refractivity contribution in [3.05, 3.63) is 71.8 Å². The summed E-state index contributed by atoms with van der Waals surface area (Å²) in [5.74, 6) is -0.218. The summed E-state index contributed by atoms with van der Waals surface area (Å²) in [4.78, 5) is 52.9. The first-order valence-electron chi connectivity index (χ1n) is 12.2. The van der Waals surface area contributed by atoms with Gasteiger partial charge in [-0.25, -0.2) is 9.69 Å². The number of allylic oxidation sites excluding steroid dienone is 2. The number of carbonyl (C=O) groups is 4. The minimum Gasteiger partial charge on any atom is -0.462 e. The van der Waals surface area contributed by atoms with Crippen LogP contribution in [0.1, 0.15) is 40.5 Å². The molecule has 0 aromatic heterocycles. The number of benzene rings is 2. The molecule has 2 aromatic carbocycles. The van der Waals surface area contributed by atoms with Crippen molar-refractivity contribution < 1.29 is 23.9 Å². The molecule has 4 aliphatic carbocycles. The van der Waals surface area contributed by atoms with E-state index >= 15 is 0 Å². The molecule has 0 spiro atoms. The number of nitrogens with one attached hydrogen (secondary N) is 1. The number of anilines is 2. The van der Waals surface area contributed by atoms with E-state index in [1.54, 1.807) is 48.5 Å². The van der Waals surface area contributed by atoms with Crippen LogP contribution in [0, 0.1) is 35.5 Å². The normalized spacial score (nSPS) is 29.6. The number of nitrogens with zero attached hydrogens (tertiary/aromatic N) is 1. The van der Waals surface area contributed by atoms with E-state index in [2.05, 4.69) is 17.5 Å². The van der Waals surface area contributed by atoms with Crippen molar-refractivity contribution in [2.45, 2.75) is 19.8 Å². The Hall–Kier alpha value is -3.74. The summed E-state index contributed by atoms with van der Waals surface area (Å²) < 4.78 is 5.12. The van der Waals surface area contributed by atoms with Crippen LogP contribution in [0.3, 0.4) is 0 Å². The molecule has 1 aliphatic heterocycles. The lowest BCUT2D eigenvalue weighted by Crippen LogP contribution is -2.40. The first-order chi connectivity index (χ1) is 17.0. The molecule has 5 aliphatic rings. The summed E-state index contributed by atoms with van der Waals surface area (Å²) in [5.41, 5.74) is 1.71. The number of amides is 3. The van der Waals surface area contributed by atoms with Crippen LogP contribution in [0.2, 0.25) is 0 Å². The Labute approximate surface area is 203 Å². The van der Waals surface area contributed by atoms with Crippen molar-refractivity contribution in [1.82, 2.24) is 0 Å². The number of carbonyl (C=O) groups excluding carboxylic acids is 4. The van der Waals surface area contributed by atoms with Crippen molar-refractivity contribution in [1.29, 1.82) is 0 Å². The standard InChI is InChI=1S/C28H26N2O5/c1-2-12-35-28(34)15-6-8-17(9-7-15)29-25(31)16-4-3-5-18(13-16)30-26(32)23-19-10-11-20(22-14-21(19)22)24(23)27(30)33/h3-11,13,19-24H,2,12,14H2,1H3,(H,29,31)/t19-,20+,21-,22-,23+,24+/m1/s1. The first-order valence-corrected chi connectivity index (χ1v) is 12.2. The van der Waals surface area contributed by atoms with Gasteiger partial charge in [0.2, 0.25) is 11.8 Å². The van der Waals surface area contributed by atoms with Crippen molar-refractivity contribution >= 4 is 35.1 Å². The lowest BCUT2D eigenvalue weighted by Gasteiger charge is -2.37. The van der Waals surface area contributed by atoms with Crippen LogP contribution in [0.15, 0.2) is 60.7 Å². The number of hydrogen-bond acceptors (Lipinski definition) is 5. The number of ether oxygens (including phenoxy) is 1. The topological polar surface area (TPSA) is 92.8 Å². The molecule has 6 atom stereocenters. The van der Waals surface area contributed by atoms with Gasteiger partial charge in [0.05, 0.1) is 29.7 Å². The number of esters is 1. The van der Waals surface area contributed by atoms with E-state index in [-0.39, 0.29) is 41.4 Å². The third-order valence-corrected chi connectivity index (χ3v) is 7.85. The SMILES string of the molecule is CCCOC(=O)c1ccc(NC(=O)c2cccc(N3C(=O)[C@H]4[C@@H]5C=C[C@@H]([C@H]6C[C@H]56)[C@@H]4C3=O)c2)cc1. The van der Waals surface area contributed by atoms with Crippen LogP contribution in [-0.4, -0.2) is 30.3 Å². The first kappa shape index (κ1) is 21.8. The van der Waals surface area contributed by atoms with Gasteiger partial charge in [0, 0.05) is 11.3 Å². The molecule has 1 heterocycles. The summed E-state index contributed by atoms with van der Waals surface area (Å²) >= 11 is 0. The molecular weight excluding hydrogens is 444 g/mol. The molecule has 7 heteroatoms. The summed E-state index contributed by atoms with van der Waals surface area (Å²) in [5, 5.41) is 2.80. The smallest absolute Gasteiger partial charge is 0.338 e. The Morgan fingerprint density at radius 3 is 2.23 bits per heavy atom. The van der Waals surface area contributed by atoms with Crippen LogP contribution in [0.25, 0.3) is 0 Å². The van der Waals surface area contributed by atoms with Gasteiger partial charge in [-0.15, -0.1) is 0 Å². The van der Waals surface area contributed by atoms with Crippen LogP contribution < -0.4 is 10.2 Å². The van der Waals surface area contributed by atoms with Gasteiger partial charge in [0.15, 0.2) is 0 Å². The van der Waals surface area contributed by atoms with E-state index < -0.39 is 5.97 Å². The van der Waals surface area contributed by atoms with Crippen molar-refractivity contribution in [2.24, 2.45) is 35.5 Å². The second-order valence-corrected chi connectivity index (χ2v) is 9.88. The van der Waals surface area contributed by atoms with Crippen molar-refractivity contribution in [3.8, 4) is 0 Å². The molecule has 2 bridgehead atoms. The number of hydrogen-bond donors (Lipinski definition) is 1. The second-order valence-electron chi connectivity index (χ2n) is 9.88. The highest BCUT2D eigenvalue weighted by atomic mass is 16.5. The van der Waals surface area contributed by atoms with E-state index in [1.807, 2.05) is 6.92 Å². The van der Waals surface area contributed by atoms with Gasteiger partial charge in [-0.3, -0.25) is 14.4 Å². The fourth-order valence-corrected chi connectivity index (χ4v) is 6.17. The molecule has 2 aromatic rings. The minimum atomic E-state index is -0.404. The zero-order chi connectivity index (χ0) is 24.3. The Balaban J connectivity index is 1.18. The molecule has 0 radical (unpaired) electrons. The van der Waals surface area contributed by atoms with Gasteiger partial charge in [0.25, 0.3) is 5.91 Å². The van der Waals surface area contributed by atoms with Gasteiger partial charge in [-0.05, 0) is 79.0 Å². The Kier molecular flexibility index (Phi) is 5.09. The van der Waals surface area contributed by atoms with E-state index in [0.717, 1.165) is 12.8 Å². The maximum atomic E-state index is 13.4. The fraction of sp³-hybridized carbons (Fsp3) is 0.357. The zero-order valence-corrected chi connectivity index (χ0v) is 19.3. The van der Waals surface area contributed by atoms with Crippen LogP contribution in [-0.2, 0) is 14.3 Å². The predicted molar refractivity (Wildman–Crippen MR) is 129 cm³/mol. The largest absolute Gasteiger partial charge is 0.462 e. The van der Waals surface area contributed by atoms with Gasteiger partial charge in [0.1, 0.15) is 0 Å². The highest BCUT2D eigenvalue weighted by molar-refractivity contribution is 6.23. The molecule has 35 heavy (non-hydrogen) atoms. The van der Waals surface area contributed by atoms with E-state index in [9.17, 15) is 19.2 Å². The highest BCUT2D eigenvalue weighted by Crippen LogP contribution is 2.65. The van der Waals surface area contributed by atoms with Gasteiger partial charge in [-0.1, -0.05) is 25.1 Å². The second kappa shape index (κ2) is 8.18. The number of rotatable bonds is 6. The van der Waals surface area contributed by atoms with Crippen molar-refractivity contribution in [3.63, 3.8) is 0 Å². The summed E-state index contributed by atoms with van der Waals surface area (Å²) in [6, 6.07) is 13.1. The lowest BCUT2D eigenvalue weighted by atomic mass is 9.63. The molecule has 178 valence electrons. The third kappa shape index (κ3) is 3.49. The Morgan fingerprint density at radius 2 is 1.60 bits per heavy atom. The van der Waals surface area contributed by atoms with Gasteiger partial charge < -0.3 is 10.1 Å². The number of imide groups is 1. The van der Waals surface area contributed by atoms with Crippen molar-refractivity contribution in [2.75, 3.05) is 16.8 Å². The quantitative estimate of drug-likeness (QED) is 0.390. The molecular formula is C28H26N2O5.